The molecule has 0 aliphatic carbocycles. The summed E-state index contributed by atoms with van der Waals surface area (Å²) in [6, 6.07) is 11.8. The third kappa shape index (κ3) is 4.23. The minimum absolute atomic E-state index is 0.154. The second-order valence-corrected chi connectivity index (χ2v) is 4.60. The van der Waals surface area contributed by atoms with Gasteiger partial charge in [0.05, 0.1) is 12.1 Å². The molecule has 0 aliphatic heterocycles. The van der Waals surface area contributed by atoms with E-state index in [1.807, 2.05) is 0 Å². The van der Waals surface area contributed by atoms with Crippen LogP contribution < -0.4 is 14.8 Å². The average Bonchev–Trinajstić information content (AvgIpc) is 2.47. The fraction of sp³-hybridized carbons (Fsp3) is 0.200. The van der Waals surface area contributed by atoms with Gasteiger partial charge in [0.1, 0.15) is 11.5 Å². The maximum Gasteiger partial charge on any atom is 0.387 e. The molecular formula is C15H14ClF2NO2. The summed E-state index contributed by atoms with van der Waals surface area (Å²) in [7, 11) is 1.52. The van der Waals surface area contributed by atoms with E-state index >= 15 is 0 Å². The Bertz CT molecular complexity index is 608. The largest absolute Gasteiger partial charge is 0.495 e. The van der Waals surface area contributed by atoms with Gasteiger partial charge in [-0.25, -0.2) is 0 Å². The van der Waals surface area contributed by atoms with E-state index in [0.29, 0.717) is 22.9 Å². The number of ether oxygens (including phenoxy) is 2. The van der Waals surface area contributed by atoms with Crippen molar-refractivity contribution >= 4 is 17.3 Å². The molecule has 6 heteroatoms. The van der Waals surface area contributed by atoms with Gasteiger partial charge in [0.2, 0.25) is 0 Å². The number of anilines is 1. The van der Waals surface area contributed by atoms with Gasteiger partial charge in [-0.15, -0.1) is 0 Å². The van der Waals surface area contributed by atoms with E-state index in [9.17, 15) is 8.78 Å². The lowest BCUT2D eigenvalue weighted by atomic mass is 10.2. The molecular weight excluding hydrogens is 300 g/mol. The minimum Gasteiger partial charge on any atom is -0.495 e. The summed E-state index contributed by atoms with van der Waals surface area (Å²) >= 11 is 5.94. The predicted octanol–water partition coefficient (Wildman–Crippen LogP) is 4.56. The zero-order chi connectivity index (χ0) is 15.2. The van der Waals surface area contributed by atoms with E-state index in [2.05, 4.69) is 10.1 Å². The lowest BCUT2D eigenvalue weighted by molar-refractivity contribution is -0.0504. The van der Waals surface area contributed by atoms with Crippen LogP contribution in [-0.2, 0) is 6.54 Å². The van der Waals surface area contributed by atoms with Gasteiger partial charge in [-0.2, -0.15) is 8.78 Å². The molecule has 0 unspecified atom stereocenters. The van der Waals surface area contributed by atoms with E-state index in [4.69, 9.17) is 16.3 Å². The van der Waals surface area contributed by atoms with Gasteiger partial charge in [0.25, 0.3) is 0 Å². The van der Waals surface area contributed by atoms with Crippen molar-refractivity contribution in [2.24, 2.45) is 0 Å². The zero-order valence-corrected chi connectivity index (χ0v) is 12.0. The number of methoxy groups -OCH3 is 1. The Labute approximate surface area is 126 Å². The zero-order valence-electron chi connectivity index (χ0n) is 11.3. The maximum atomic E-state index is 12.3. The molecule has 112 valence electrons. The first-order valence-corrected chi connectivity index (χ1v) is 6.58. The summed E-state index contributed by atoms with van der Waals surface area (Å²) in [5.41, 5.74) is 1.40. The van der Waals surface area contributed by atoms with E-state index in [-0.39, 0.29) is 5.75 Å². The van der Waals surface area contributed by atoms with Gasteiger partial charge in [0.15, 0.2) is 0 Å². The van der Waals surface area contributed by atoms with E-state index < -0.39 is 6.61 Å². The number of alkyl halides is 2. The normalized spacial score (nSPS) is 10.5. The highest BCUT2D eigenvalue weighted by molar-refractivity contribution is 6.32. The fourth-order valence-corrected chi connectivity index (χ4v) is 2.02. The Morgan fingerprint density at radius 1 is 1.14 bits per heavy atom. The lowest BCUT2D eigenvalue weighted by Gasteiger charge is -2.13. The summed E-state index contributed by atoms with van der Waals surface area (Å²) in [6.45, 7) is -2.50. The van der Waals surface area contributed by atoms with Crippen LogP contribution in [0.1, 0.15) is 5.56 Å². The van der Waals surface area contributed by atoms with Crippen molar-refractivity contribution in [2.75, 3.05) is 12.4 Å². The summed E-state index contributed by atoms with van der Waals surface area (Å²) in [6.07, 6.45) is 0. The number of benzene rings is 2. The van der Waals surface area contributed by atoms with Crippen molar-refractivity contribution in [1.29, 1.82) is 0 Å². The predicted molar refractivity (Wildman–Crippen MR) is 78.4 cm³/mol. The number of halogens is 3. The molecule has 0 bridgehead atoms. The lowest BCUT2D eigenvalue weighted by Crippen LogP contribution is -2.07. The second kappa shape index (κ2) is 7.13. The van der Waals surface area contributed by atoms with Crippen LogP contribution in [0.5, 0.6) is 11.5 Å². The molecule has 0 heterocycles. The third-order valence-corrected chi connectivity index (χ3v) is 3.13. The van der Waals surface area contributed by atoms with Gasteiger partial charge in [0, 0.05) is 23.9 Å². The molecule has 2 aromatic carbocycles. The van der Waals surface area contributed by atoms with Crippen LogP contribution >= 0.6 is 11.6 Å². The molecule has 0 aromatic heterocycles. The maximum absolute atomic E-state index is 12.3. The second-order valence-electron chi connectivity index (χ2n) is 4.19. The highest BCUT2D eigenvalue weighted by Crippen LogP contribution is 2.28. The van der Waals surface area contributed by atoms with Gasteiger partial charge in [-0.05, 0) is 18.2 Å². The van der Waals surface area contributed by atoms with Crippen LogP contribution in [0.4, 0.5) is 14.5 Å². The van der Waals surface area contributed by atoms with Gasteiger partial charge >= 0.3 is 6.61 Å². The monoisotopic (exact) mass is 313 g/mol. The Balaban J connectivity index is 2.09. The Morgan fingerprint density at radius 3 is 2.62 bits per heavy atom. The van der Waals surface area contributed by atoms with Crippen LogP contribution in [0, 0.1) is 0 Å². The molecule has 0 atom stereocenters. The van der Waals surface area contributed by atoms with Crippen molar-refractivity contribution in [1.82, 2.24) is 0 Å². The van der Waals surface area contributed by atoms with Crippen molar-refractivity contribution in [3.63, 3.8) is 0 Å². The molecule has 0 amide bonds. The number of hydrogen-bond acceptors (Lipinski definition) is 3. The first kappa shape index (κ1) is 15.4. The number of rotatable bonds is 6. The third-order valence-electron chi connectivity index (χ3n) is 2.82. The summed E-state index contributed by atoms with van der Waals surface area (Å²) in [5, 5.41) is 3.62. The minimum atomic E-state index is -2.85. The summed E-state index contributed by atoms with van der Waals surface area (Å²) in [4.78, 5) is 0. The Hall–Kier alpha value is -2.01. The molecule has 0 saturated heterocycles. The first-order chi connectivity index (χ1) is 10.1. The topological polar surface area (TPSA) is 30.5 Å². The number of nitrogens with one attached hydrogen (secondary N) is 1. The smallest absolute Gasteiger partial charge is 0.387 e. The quantitative estimate of drug-likeness (QED) is 0.848. The Kier molecular flexibility index (Phi) is 5.22. The van der Waals surface area contributed by atoms with E-state index in [1.165, 1.54) is 13.2 Å². The van der Waals surface area contributed by atoms with Gasteiger partial charge < -0.3 is 14.8 Å². The van der Waals surface area contributed by atoms with Crippen LogP contribution in [0.25, 0.3) is 0 Å². The molecule has 0 saturated carbocycles. The van der Waals surface area contributed by atoms with Crippen LogP contribution in [0.3, 0.4) is 0 Å². The SMILES string of the molecule is COc1cc(NCc2ccccc2OC(F)F)ccc1Cl. The highest BCUT2D eigenvalue weighted by Gasteiger charge is 2.09. The van der Waals surface area contributed by atoms with E-state index in [1.54, 1.807) is 36.4 Å². The van der Waals surface area contributed by atoms with Crippen molar-refractivity contribution in [3.05, 3.63) is 53.1 Å². The van der Waals surface area contributed by atoms with Crippen LogP contribution in [0.2, 0.25) is 5.02 Å². The van der Waals surface area contributed by atoms with Gasteiger partial charge in [-0.3, -0.25) is 0 Å². The number of para-hydroxylation sites is 1. The standard InChI is InChI=1S/C15H14ClF2NO2/c1-20-14-8-11(6-7-12(14)16)19-9-10-4-2-3-5-13(10)21-15(17)18/h2-8,15,19H,9H2,1H3. The number of hydrogen-bond donors (Lipinski definition) is 1. The van der Waals surface area contributed by atoms with Crippen LogP contribution in [-0.4, -0.2) is 13.7 Å². The molecule has 2 rings (SSSR count). The summed E-state index contributed by atoms with van der Waals surface area (Å²) < 4.78 is 34.3. The van der Waals surface area contributed by atoms with Crippen molar-refractivity contribution in [2.45, 2.75) is 13.2 Å². The molecule has 0 aliphatic rings. The van der Waals surface area contributed by atoms with E-state index in [0.717, 1.165) is 5.69 Å². The molecule has 1 N–H and O–H groups in total. The van der Waals surface area contributed by atoms with Crippen molar-refractivity contribution in [3.8, 4) is 11.5 Å². The Morgan fingerprint density at radius 2 is 1.90 bits per heavy atom. The first-order valence-electron chi connectivity index (χ1n) is 6.20. The molecule has 2 aromatic rings. The highest BCUT2D eigenvalue weighted by atomic mass is 35.5. The molecule has 3 nitrogen and oxygen atoms in total. The van der Waals surface area contributed by atoms with Gasteiger partial charge in [-0.1, -0.05) is 29.8 Å². The van der Waals surface area contributed by atoms with Crippen LogP contribution in [0.15, 0.2) is 42.5 Å². The van der Waals surface area contributed by atoms with Crippen molar-refractivity contribution < 1.29 is 18.3 Å². The molecule has 0 radical (unpaired) electrons. The molecule has 0 spiro atoms. The fourth-order valence-electron chi connectivity index (χ4n) is 1.83. The summed E-state index contributed by atoms with van der Waals surface area (Å²) in [5.74, 6) is 0.694. The molecule has 0 fully saturated rings. The molecule has 21 heavy (non-hydrogen) atoms. The average molecular weight is 314 g/mol.